The summed E-state index contributed by atoms with van der Waals surface area (Å²) in [6, 6.07) is 14.5. The Morgan fingerprint density at radius 1 is 1.07 bits per heavy atom. The lowest BCUT2D eigenvalue weighted by molar-refractivity contribution is -0.128. The summed E-state index contributed by atoms with van der Waals surface area (Å²) < 4.78 is 11.3. The fraction of sp³-hybridized carbons (Fsp3) is 0.458. The van der Waals surface area contributed by atoms with Crippen molar-refractivity contribution in [2.45, 2.75) is 46.4 Å². The van der Waals surface area contributed by atoms with E-state index in [-0.39, 0.29) is 5.91 Å². The Bertz CT molecular complexity index is 778. The number of ether oxygens (including phenoxy) is 2. The van der Waals surface area contributed by atoms with Crippen molar-refractivity contribution < 1.29 is 14.3 Å². The number of carbonyl (C=O) groups is 1. The highest BCUT2D eigenvalue weighted by Gasteiger charge is 2.18. The molecule has 1 saturated heterocycles. The molecule has 2 aromatic carbocycles. The van der Waals surface area contributed by atoms with E-state index < -0.39 is 6.10 Å². The lowest BCUT2D eigenvalue weighted by Gasteiger charge is -2.26. The van der Waals surface area contributed by atoms with Gasteiger partial charge in [0.1, 0.15) is 5.75 Å². The number of hydrogen-bond acceptors (Lipinski definition) is 4. The Labute approximate surface area is 174 Å². The molecule has 0 aromatic heterocycles. The molecule has 2 aromatic rings. The highest BCUT2D eigenvalue weighted by atomic mass is 16.5. The molecule has 1 atom stereocenters. The van der Waals surface area contributed by atoms with Gasteiger partial charge in [-0.15, -0.1) is 0 Å². The molecular weight excluding hydrogens is 364 g/mol. The lowest BCUT2D eigenvalue weighted by Crippen LogP contribution is -2.37. The van der Waals surface area contributed by atoms with E-state index in [0.717, 1.165) is 55.3 Å². The van der Waals surface area contributed by atoms with E-state index in [1.165, 1.54) is 5.56 Å². The van der Waals surface area contributed by atoms with Gasteiger partial charge in [-0.25, -0.2) is 0 Å². The smallest absolute Gasteiger partial charge is 0.261 e. The van der Waals surface area contributed by atoms with Gasteiger partial charge in [-0.3, -0.25) is 9.69 Å². The summed E-state index contributed by atoms with van der Waals surface area (Å²) in [7, 11) is 0. The lowest BCUT2D eigenvalue weighted by atomic mass is 10.1. The average molecular weight is 397 g/mol. The van der Waals surface area contributed by atoms with Gasteiger partial charge in [0.15, 0.2) is 6.10 Å². The largest absolute Gasteiger partial charge is 0.481 e. The van der Waals surface area contributed by atoms with E-state index in [2.05, 4.69) is 40.5 Å². The first-order valence-corrected chi connectivity index (χ1v) is 10.4. The van der Waals surface area contributed by atoms with Crippen molar-refractivity contribution >= 4 is 5.91 Å². The molecule has 156 valence electrons. The first-order valence-electron chi connectivity index (χ1n) is 10.4. The van der Waals surface area contributed by atoms with Crippen LogP contribution in [0.15, 0.2) is 42.5 Å². The fourth-order valence-corrected chi connectivity index (χ4v) is 3.57. The molecule has 1 fully saturated rings. The van der Waals surface area contributed by atoms with Crippen molar-refractivity contribution in [2.24, 2.45) is 0 Å². The maximum atomic E-state index is 12.6. The van der Waals surface area contributed by atoms with Crippen LogP contribution in [0.1, 0.15) is 35.6 Å². The SMILES string of the molecule is CC[C@H](Oc1cc(C)cc(C)c1)C(=O)NCc1ccc(CN2CCOCC2)cc1. The first kappa shape index (κ1) is 21.3. The fourth-order valence-electron chi connectivity index (χ4n) is 3.57. The van der Waals surface area contributed by atoms with Crippen LogP contribution in [-0.4, -0.2) is 43.2 Å². The molecular formula is C24H32N2O3. The van der Waals surface area contributed by atoms with Gasteiger partial charge >= 0.3 is 0 Å². The van der Waals surface area contributed by atoms with Gasteiger partial charge in [-0.05, 0) is 54.7 Å². The van der Waals surface area contributed by atoms with E-state index in [1.807, 2.05) is 32.9 Å². The molecule has 1 aliphatic rings. The van der Waals surface area contributed by atoms with E-state index in [1.54, 1.807) is 0 Å². The van der Waals surface area contributed by atoms with Gasteiger partial charge in [0.05, 0.1) is 13.2 Å². The zero-order valence-corrected chi connectivity index (χ0v) is 17.7. The molecule has 5 heteroatoms. The Balaban J connectivity index is 1.50. The number of amides is 1. The standard InChI is InChI=1S/C24H32N2O3/c1-4-23(29-22-14-18(2)13-19(3)15-22)24(27)25-16-20-5-7-21(8-6-20)17-26-9-11-28-12-10-26/h5-8,13-15,23H,4,9-12,16-17H2,1-3H3,(H,25,27)/t23-/m0/s1. The summed E-state index contributed by atoms with van der Waals surface area (Å²) in [5.74, 6) is 0.668. The maximum Gasteiger partial charge on any atom is 0.261 e. The Kier molecular flexibility index (Phi) is 7.67. The summed E-state index contributed by atoms with van der Waals surface area (Å²) >= 11 is 0. The van der Waals surface area contributed by atoms with Crippen LogP contribution in [0.25, 0.3) is 0 Å². The number of morpholine rings is 1. The first-order chi connectivity index (χ1) is 14.0. The van der Waals surface area contributed by atoms with Crippen LogP contribution in [0.4, 0.5) is 0 Å². The average Bonchev–Trinajstić information content (AvgIpc) is 2.71. The van der Waals surface area contributed by atoms with E-state index >= 15 is 0 Å². The molecule has 0 spiro atoms. The van der Waals surface area contributed by atoms with E-state index in [4.69, 9.17) is 9.47 Å². The minimum Gasteiger partial charge on any atom is -0.481 e. The number of carbonyl (C=O) groups excluding carboxylic acids is 1. The summed E-state index contributed by atoms with van der Waals surface area (Å²) in [6.07, 6.45) is 0.133. The zero-order chi connectivity index (χ0) is 20.6. The highest BCUT2D eigenvalue weighted by Crippen LogP contribution is 2.18. The topological polar surface area (TPSA) is 50.8 Å². The quantitative estimate of drug-likeness (QED) is 0.741. The van der Waals surface area contributed by atoms with Crippen LogP contribution >= 0.6 is 0 Å². The number of nitrogens with zero attached hydrogens (tertiary/aromatic N) is 1. The predicted octanol–water partition coefficient (Wildman–Crippen LogP) is 3.61. The Morgan fingerprint density at radius 2 is 1.69 bits per heavy atom. The molecule has 1 aliphatic heterocycles. The molecule has 0 aliphatic carbocycles. The van der Waals surface area contributed by atoms with Gasteiger partial charge in [0, 0.05) is 26.2 Å². The minimum absolute atomic E-state index is 0.0796. The minimum atomic E-state index is -0.489. The Hall–Kier alpha value is -2.37. The van der Waals surface area contributed by atoms with Crippen LogP contribution in [0.3, 0.4) is 0 Å². The molecule has 3 rings (SSSR count). The molecule has 0 bridgehead atoms. The summed E-state index contributed by atoms with van der Waals surface area (Å²) in [5.41, 5.74) is 4.64. The van der Waals surface area contributed by atoms with Gasteiger partial charge in [0.2, 0.25) is 0 Å². The molecule has 1 heterocycles. The van der Waals surface area contributed by atoms with Crippen LogP contribution in [0, 0.1) is 13.8 Å². The van der Waals surface area contributed by atoms with Crippen LogP contribution in [0.5, 0.6) is 5.75 Å². The van der Waals surface area contributed by atoms with E-state index in [9.17, 15) is 4.79 Å². The highest BCUT2D eigenvalue weighted by molar-refractivity contribution is 5.81. The number of aryl methyl sites for hydroxylation is 2. The van der Waals surface area contributed by atoms with Gasteiger partial charge in [-0.1, -0.05) is 37.3 Å². The number of hydrogen-bond donors (Lipinski definition) is 1. The van der Waals surface area contributed by atoms with Gasteiger partial charge < -0.3 is 14.8 Å². The third-order valence-corrected chi connectivity index (χ3v) is 5.14. The van der Waals surface area contributed by atoms with Crippen molar-refractivity contribution in [1.82, 2.24) is 10.2 Å². The third kappa shape index (κ3) is 6.58. The van der Waals surface area contributed by atoms with Crippen molar-refractivity contribution in [2.75, 3.05) is 26.3 Å². The molecule has 1 N–H and O–H groups in total. The molecule has 0 radical (unpaired) electrons. The summed E-state index contributed by atoms with van der Waals surface area (Å²) in [5, 5.41) is 3.01. The summed E-state index contributed by atoms with van der Waals surface area (Å²) in [6.45, 7) is 11.1. The number of nitrogens with one attached hydrogen (secondary N) is 1. The molecule has 1 amide bonds. The number of benzene rings is 2. The van der Waals surface area contributed by atoms with Gasteiger partial charge in [0.25, 0.3) is 5.91 Å². The van der Waals surface area contributed by atoms with Crippen molar-refractivity contribution in [3.8, 4) is 5.75 Å². The molecule has 5 nitrogen and oxygen atoms in total. The monoisotopic (exact) mass is 396 g/mol. The second-order valence-electron chi connectivity index (χ2n) is 7.76. The predicted molar refractivity (Wildman–Crippen MR) is 115 cm³/mol. The number of rotatable bonds is 8. The van der Waals surface area contributed by atoms with Crippen molar-refractivity contribution in [3.05, 3.63) is 64.7 Å². The van der Waals surface area contributed by atoms with Gasteiger partial charge in [-0.2, -0.15) is 0 Å². The zero-order valence-electron chi connectivity index (χ0n) is 17.7. The molecule has 29 heavy (non-hydrogen) atoms. The Morgan fingerprint density at radius 3 is 2.31 bits per heavy atom. The van der Waals surface area contributed by atoms with Crippen molar-refractivity contribution in [3.63, 3.8) is 0 Å². The second kappa shape index (κ2) is 10.4. The second-order valence-corrected chi connectivity index (χ2v) is 7.76. The van der Waals surface area contributed by atoms with E-state index in [0.29, 0.717) is 13.0 Å². The maximum absolute atomic E-state index is 12.6. The normalized spacial score (nSPS) is 15.7. The van der Waals surface area contributed by atoms with Crippen molar-refractivity contribution in [1.29, 1.82) is 0 Å². The molecule has 0 unspecified atom stereocenters. The van der Waals surface area contributed by atoms with Crippen LogP contribution in [-0.2, 0) is 22.6 Å². The third-order valence-electron chi connectivity index (χ3n) is 5.14. The van der Waals surface area contributed by atoms with Crippen LogP contribution in [0.2, 0.25) is 0 Å². The summed E-state index contributed by atoms with van der Waals surface area (Å²) in [4.78, 5) is 15.0. The van der Waals surface area contributed by atoms with Crippen LogP contribution < -0.4 is 10.1 Å². The molecule has 0 saturated carbocycles.